The highest BCUT2D eigenvalue weighted by Crippen LogP contribution is 2.40. The van der Waals surface area contributed by atoms with Gasteiger partial charge in [0, 0.05) is 36.0 Å². The smallest absolute Gasteiger partial charge is 0.254 e. The number of nitrogens with zero attached hydrogens (tertiary/aromatic N) is 2. The molecule has 2 aromatic carbocycles. The average Bonchev–Trinajstić information content (AvgIpc) is 2.78. The van der Waals surface area contributed by atoms with Crippen molar-refractivity contribution in [1.29, 1.82) is 0 Å². The summed E-state index contributed by atoms with van der Waals surface area (Å²) in [5.74, 6) is 0.846. The van der Waals surface area contributed by atoms with Crippen molar-refractivity contribution in [3.63, 3.8) is 0 Å². The van der Waals surface area contributed by atoms with Gasteiger partial charge in [0.15, 0.2) is 21.3 Å². The van der Waals surface area contributed by atoms with Gasteiger partial charge < -0.3 is 30.6 Å². The molecule has 0 atom stereocenters. The molecule has 0 bridgehead atoms. The highest BCUT2D eigenvalue weighted by molar-refractivity contribution is 7.90. The van der Waals surface area contributed by atoms with Crippen molar-refractivity contribution in [1.82, 2.24) is 9.97 Å². The molecule has 3 aromatic rings. The van der Waals surface area contributed by atoms with Crippen LogP contribution in [0.4, 0.5) is 23.1 Å². The Bertz CT molecular complexity index is 1250. The maximum Gasteiger partial charge on any atom is 0.254 e. The van der Waals surface area contributed by atoms with Crippen molar-refractivity contribution in [2.45, 2.75) is 4.90 Å². The SMILES string of the molecule is COc1cc(Nc2ncc(C(N)=O)c(Nc3ccc(S(C)(=O)=O)cc3)n2)cc(OC)c1OC. The summed E-state index contributed by atoms with van der Waals surface area (Å²) in [4.78, 5) is 20.5. The summed E-state index contributed by atoms with van der Waals surface area (Å²) < 4.78 is 39.3. The molecule has 11 nitrogen and oxygen atoms in total. The second-order valence-electron chi connectivity index (χ2n) is 6.78. The monoisotopic (exact) mass is 473 g/mol. The molecular formula is C21H23N5O6S. The van der Waals surface area contributed by atoms with E-state index < -0.39 is 15.7 Å². The molecule has 0 aliphatic heterocycles. The Balaban J connectivity index is 1.94. The van der Waals surface area contributed by atoms with Gasteiger partial charge in [0.25, 0.3) is 5.91 Å². The second kappa shape index (κ2) is 9.61. The van der Waals surface area contributed by atoms with Crippen molar-refractivity contribution >= 4 is 38.9 Å². The topological polar surface area (TPSA) is 155 Å². The van der Waals surface area contributed by atoms with Crippen molar-refractivity contribution in [3.8, 4) is 17.2 Å². The number of ether oxygens (including phenoxy) is 3. The molecule has 12 heteroatoms. The lowest BCUT2D eigenvalue weighted by Crippen LogP contribution is -2.15. The maximum atomic E-state index is 11.9. The van der Waals surface area contributed by atoms with Crippen LogP contribution >= 0.6 is 0 Å². The summed E-state index contributed by atoms with van der Waals surface area (Å²) in [7, 11) is 1.15. The molecule has 174 valence electrons. The molecule has 4 N–H and O–H groups in total. The minimum atomic E-state index is -3.34. The Morgan fingerprint density at radius 1 is 0.939 bits per heavy atom. The lowest BCUT2D eigenvalue weighted by Gasteiger charge is -2.15. The largest absolute Gasteiger partial charge is 0.493 e. The molecule has 0 unspecified atom stereocenters. The predicted octanol–water partition coefficient (Wildman–Crippen LogP) is 2.49. The number of amides is 1. The zero-order chi connectivity index (χ0) is 24.2. The van der Waals surface area contributed by atoms with Gasteiger partial charge in [-0.25, -0.2) is 13.4 Å². The number of aromatic nitrogens is 2. The molecule has 0 aliphatic rings. The van der Waals surface area contributed by atoms with Crippen LogP contribution in [0, 0.1) is 0 Å². The van der Waals surface area contributed by atoms with E-state index in [-0.39, 0.29) is 22.2 Å². The van der Waals surface area contributed by atoms with Crippen molar-refractivity contribution in [3.05, 3.63) is 48.2 Å². The first-order chi connectivity index (χ1) is 15.7. The van der Waals surface area contributed by atoms with Crippen LogP contribution in [0.25, 0.3) is 0 Å². The number of carbonyl (C=O) groups excluding carboxylic acids is 1. The van der Waals surface area contributed by atoms with Crippen LogP contribution in [0.5, 0.6) is 17.2 Å². The molecule has 0 aliphatic carbocycles. The summed E-state index contributed by atoms with van der Waals surface area (Å²) in [5, 5.41) is 5.98. The molecule has 0 saturated carbocycles. The number of primary amides is 1. The van der Waals surface area contributed by atoms with Gasteiger partial charge >= 0.3 is 0 Å². The average molecular weight is 474 g/mol. The number of sulfone groups is 1. The predicted molar refractivity (Wildman–Crippen MR) is 123 cm³/mol. The molecule has 1 aromatic heterocycles. The van der Waals surface area contributed by atoms with Crippen LogP contribution in [-0.4, -0.2) is 51.9 Å². The summed E-state index contributed by atoms with van der Waals surface area (Å²) in [6.07, 6.45) is 2.40. The molecular weight excluding hydrogens is 450 g/mol. The Kier molecular flexibility index (Phi) is 6.87. The van der Waals surface area contributed by atoms with E-state index in [9.17, 15) is 13.2 Å². The number of anilines is 4. The van der Waals surface area contributed by atoms with Crippen LogP contribution in [0.2, 0.25) is 0 Å². The molecule has 33 heavy (non-hydrogen) atoms. The fourth-order valence-electron chi connectivity index (χ4n) is 2.92. The van der Waals surface area contributed by atoms with Crippen molar-refractivity contribution < 1.29 is 27.4 Å². The second-order valence-corrected chi connectivity index (χ2v) is 8.80. The highest BCUT2D eigenvalue weighted by atomic mass is 32.2. The summed E-state index contributed by atoms with van der Waals surface area (Å²) in [5.41, 5.74) is 6.55. The van der Waals surface area contributed by atoms with Crippen LogP contribution in [-0.2, 0) is 9.84 Å². The van der Waals surface area contributed by atoms with Crippen molar-refractivity contribution in [2.24, 2.45) is 5.73 Å². The number of methoxy groups -OCH3 is 3. The first-order valence-electron chi connectivity index (χ1n) is 9.47. The van der Waals surface area contributed by atoms with E-state index in [1.165, 1.54) is 39.7 Å². The lowest BCUT2D eigenvalue weighted by atomic mass is 10.2. The Morgan fingerprint density at radius 2 is 1.55 bits per heavy atom. The van der Waals surface area contributed by atoms with Gasteiger partial charge in [-0.1, -0.05) is 0 Å². The van der Waals surface area contributed by atoms with Gasteiger partial charge in [-0.2, -0.15) is 4.98 Å². The van der Waals surface area contributed by atoms with E-state index in [1.807, 2.05) is 0 Å². The molecule has 0 fully saturated rings. The van der Waals surface area contributed by atoms with Gasteiger partial charge in [0.2, 0.25) is 11.7 Å². The van der Waals surface area contributed by atoms with Gasteiger partial charge in [0.05, 0.1) is 26.2 Å². The Labute approximate surface area is 190 Å². The summed E-state index contributed by atoms with van der Waals surface area (Å²) >= 11 is 0. The first kappa shape index (κ1) is 23.6. The zero-order valence-electron chi connectivity index (χ0n) is 18.4. The Hall–Kier alpha value is -4.06. The standard InChI is InChI=1S/C21H23N5O6S/c1-30-16-9-13(10-17(31-2)18(16)32-3)25-21-23-11-15(19(22)27)20(26-21)24-12-5-7-14(8-6-12)33(4,28)29/h5-11H,1-4H3,(H2,22,27)(H2,23,24,25,26). The zero-order valence-corrected chi connectivity index (χ0v) is 19.2. The highest BCUT2D eigenvalue weighted by Gasteiger charge is 2.16. The number of carbonyl (C=O) groups is 1. The van der Waals surface area contributed by atoms with Crippen LogP contribution in [0.1, 0.15) is 10.4 Å². The molecule has 0 radical (unpaired) electrons. The fourth-order valence-corrected chi connectivity index (χ4v) is 3.55. The van der Waals surface area contributed by atoms with E-state index >= 15 is 0 Å². The maximum absolute atomic E-state index is 11.9. The number of rotatable bonds is 9. The van der Waals surface area contributed by atoms with E-state index in [2.05, 4.69) is 20.6 Å². The molecule has 3 rings (SSSR count). The third-order valence-electron chi connectivity index (χ3n) is 4.52. The Morgan fingerprint density at radius 3 is 2.03 bits per heavy atom. The quantitative estimate of drug-likeness (QED) is 0.422. The molecule has 0 spiro atoms. The first-order valence-corrected chi connectivity index (χ1v) is 11.4. The molecule has 0 saturated heterocycles. The van der Waals surface area contributed by atoms with Crippen LogP contribution < -0.4 is 30.6 Å². The minimum absolute atomic E-state index is 0.0534. The van der Waals surface area contributed by atoms with E-state index in [0.717, 1.165) is 6.26 Å². The van der Waals surface area contributed by atoms with E-state index in [0.29, 0.717) is 28.6 Å². The summed E-state index contributed by atoms with van der Waals surface area (Å²) in [6.45, 7) is 0. The molecule has 1 heterocycles. The van der Waals surface area contributed by atoms with Gasteiger partial charge in [-0.3, -0.25) is 4.79 Å². The van der Waals surface area contributed by atoms with Crippen LogP contribution in [0.15, 0.2) is 47.5 Å². The number of hydrogen-bond acceptors (Lipinski definition) is 10. The number of benzene rings is 2. The number of nitrogens with one attached hydrogen (secondary N) is 2. The van der Waals surface area contributed by atoms with Crippen molar-refractivity contribution in [2.75, 3.05) is 38.2 Å². The third kappa shape index (κ3) is 5.41. The van der Waals surface area contributed by atoms with E-state index in [1.54, 1.807) is 24.3 Å². The normalized spacial score (nSPS) is 10.9. The summed E-state index contributed by atoms with van der Waals surface area (Å²) in [6, 6.07) is 9.33. The van der Waals surface area contributed by atoms with Gasteiger partial charge in [-0.15, -0.1) is 0 Å². The fraction of sp³-hybridized carbons (Fsp3) is 0.190. The third-order valence-corrected chi connectivity index (χ3v) is 5.65. The van der Waals surface area contributed by atoms with Gasteiger partial charge in [0.1, 0.15) is 11.4 Å². The minimum Gasteiger partial charge on any atom is -0.493 e. The van der Waals surface area contributed by atoms with E-state index in [4.69, 9.17) is 19.9 Å². The molecule has 1 amide bonds. The van der Waals surface area contributed by atoms with Gasteiger partial charge in [-0.05, 0) is 24.3 Å². The number of hydrogen-bond donors (Lipinski definition) is 3. The van der Waals surface area contributed by atoms with Crippen LogP contribution in [0.3, 0.4) is 0 Å². The number of nitrogens with two attached hydrogens (primary N) is 1. The lowest BCUT2D eigenvalue weighted by molar-refractivity contribution is 0.100.